The highest BCUT2D eigenvalue weighted by Crippen LogP contribution is 2.42. The molecule has 4 aliphatic heterocycles. The Morgan fingerprint density at radius 3 is 2.27 bits per heavy atom. The highest BCUT2D eigenvalue weighted by molar-refractivity contribution is 7.98. The van der Waals surface area contributed by atoms with Gasteiger partial charge in [0.2, 0.25) is 6.29 Å². The average molecular weight is 1130 g/mol. The summed E-state index contributed by atoms with van der Waals surface area (Å²) in [6.07, 6.45) is -4.73. The second-order valence-electron chi connectivity index (χ2n) is 23.5. The molecule has 3 fully saturated rings. The van der Waals surface area contributed by atoms with Crippen LogP contribution in [-0.4, -0.2) is 169 Å². The number of quaternary nitrogens is 1. The van der Waals surface area contributed by atoms with E-state index in [9.17, 15) is 39.6 Å². The lowest BCUT2D eigenvalue weighted by Crippen LogP contribution is -2.61. The zero-order valence-corrected chi connectivity index (χ0v) is 48.0. The Morgan fingerprint density at radius 1 is 0.938 bits per heavy atom. The number of amides is 4. The van der Waals surface area contributed by atoms with Crippen LogP contribution in [0.25, 0.3) is 0 Å². The number of aliphatic hydroxyl groups excluding tert-OH is 3. The van der Waals surface area contributed by atoms with Crippen molar-refractivity contribution in [2.45, 2.75) is 147 Å². The highest BCUT2D eigenvalue weighted by Gasteiger charge is 2.49. The lowest BCUT2D eigenvalue weighted by molar-refractivity contribution is -0.960. The van der Waals surface area contributed by atoms with Crippen molar-refractivity contribution in [3.63, 3.8) is 0 Å². The maximum absolute atomic E-state index is 15.1. The molecule has 8 rings (SSSR count). The number of aromatic nitrogens is 4. The number of carbonyl (C=O) groups is 5. The molecule has 3 saturated heterocycles. The molecule has 2 aromatic heterocycles. The Kier molecular flexibility index (Phi) is 17.9. The molecule has 4 amide bonds. The van der Waals surface area contributed by atoms with Crippen LogP contribution in [0.4, 0.5) is 21.2 Å². The first kappa shape index (κ1) is 59.7. The van der Waals surface area contributed by atoms with Gasteiger partial charge in [0.05, 0.1) is 38.4 Å². The van der Waals surface area contributed by atoms with Crippen LogP contribution in [0.15, 0.2) is 53.7 Å². The minimum absolute atomic E-state index is 0.00228. The molecule has 6 heterocycles. The van der Waals surface area contributed by atoms with Gasteiger partial charge in [0.15, 0.2) is 6.10 Å². The Balaban J connectivity index is 1.11. The van der Waals surface area contributed by atoms with Crippen LogP contribution in [0.5, 0.6) is 5.75 Å². The normalized spacial score (nSPS) is 23.6. The van der Waals surface area contributed by atoms with Gasteiger partial charge in [-0.05, 0) is 121 Å². The molecule has 23 nitrogen and oxygen atoms in total. The predicted octanol–water partition coefficient (Wildman–Crippen LogP) is 4.84. The molecule has 6 N–H and O–H groups in total. The van der Waals surface area contributed by atoms with Crippen LogP contribution in [0.3, 0.4) is 0 Å². The van der Waals surface area contributed by atoms with E-state index < -0.39 is 71.4 Å². The molecule has 0 saturated carbocycles. The molecule has 4 aliphatic rings. The number of anilines is 2. The smallest absolute Gasteiger partial charge is 0.415 e. The van der Waals surface area contributed by atoms with Crippen LogP contribution >= 0.6 is 11.8 Å². The average Bonchev–Trinajstić information content (AvgIpc) is 3.93. The predicted molar refractivity (Wildman–Crippen MR) is 293 cm³/mol. The molecule has 0 radical (unpaired) electrons. The number of ether oxygens (including phenoxy) is 5. The van der Waals surface area contributed by atoms with Gasteiger partial charge >= 0.3 is 18.2 Å². The van der Waals surface area contributed by atoms with E-state index in [-0.39, 0.29) is 43.4 Å². The fourth-order valence-corrected chi connectivity index (χ4v) is 11.6. The number of aliphatic carboxylic acids is 1. The van der Waals surface area contributed by atoms with Gasteiger partial charge in [0.25, 0.3) is 11.8 Å². The van der Waals surface area contributed by atoms with Crippen LogP contribution in [0.1, 0.15) is 117 Å². The molecule has 0 aliphatic carbocycles. The Hall–Kier alpha value is -6.41. The molecule has 80 heavy (non-hydrogen) atoms. The summed E-state index contributed by atoms with van der Waals surface area (Å²) in [5, 5.41) is 55.4. The number of aliphatic hydroxyl groups is 3. The summed E-state index contributed by atoms with van der Waals surface area (Å²) >= 11 is 1.55. The number of piperidine rings is 1. The Labute approximate surface area is 469 Å². The number of alkyl carbamates (subject to hydrolysis) is 1. The van der Waals surface area contributed by atoms with Crippen molar-refractivity contribution < 1.29 is 72.6 Å². The maximum atomic E-state index is 15.1. The third-order valence-electron chi connectivity index (χ3n) is 14.7. The number of thioether (sulfide) groups is 1. The van der Waals surface area contributed by atoms with Gasteiger partial charge in [0, 0.05) is 66.0 Å². The number of hydrogen-bond acceptors (Lipinski definition) is 17. The second kappa shape index (κ2) is 24.0. The van der Waals surface area contributed by atoms with Gasteiger partial charge in [-0.1, -0.05) is 6.92 Å². The molecule has 0 spiro atoms. The number of carboxylic acids is 1. The zero-order chi connectivity index (χ0) is 58.1. The summed E-state index contributed by atoms with van der Waals surface area (Å²) in [5.41, 5.74) is 1.82. The highest BCUT2D eigenvalue weighted by atomic mass is 32.2. The summed E-state index contributed by atoms with van der Waals surface area (Å²) in [4.78, 5) is 76.5. The lowest BCUT2D eigenvalue weighted by atomic mass is 9.75. The molecule has 0 bridgehead atoms. The quantitative estimate of drug-likeness (QED) is 0.0442. The van der Waals surface area contributed by atoms with Crippen molar-refractivity contribution in [2.75, 3.05) is 62.0 Å². The molecule has 2 aromatic carbocycles. The number of nitrogens with one attached hydrogen (secondary N) is 2. The summed E-state index contributed by atoms with van der Waals surface area (Å²) in [5.74, 6) is -0.784. The lowest BCUT2D eigenvalue weighted by Gasteiger charge is -2.44. The number of aryl methyl sites for hydroxylation is 1. The van der Waals surface area contributed by atoms with Crippen molar-refractivity contribution in [1.29, 1.82) is 0 Å². The number of nitrogens with zero attached hydrogens (tertiary/aromatic N) is 7. The van der Waals surface area contributed by atoms with Crippen LogP contribution < -0.4 is 25.2 Å². The van der Waals surface area contributed by atoms with Crippen LogP contribution in [-0.2, 0) is 62.3 Å². The number of carbonyl (C=O) groups excluding carboxylic acids is 4. The first-order chi connectivity index (χ1) is 37.7. The zero-order valence-electron chi connectivity index (χ0n) is 47.2. The number of rotatable bonds is 18. The van der Waals surface area contributed by atoms with E-state index in [4.69, 9.17) is 28.7 Å². The van der Waals surface area contributed by atoms with E-state index in [1.807, 2.05) is 43.0 Å². The van der Waals surface area contributed by atoms with Gasteiger partial charge in [0.1, 0.15) is 72.1 Å². The van der Waals surface area contributed by atoms with Gasteiger partial charge in [-0.2, -0.15) is 0 Å². The van der Waals surface area contributed by atoms with Gasteiger partial charge in [-0.3, -0.25) is 19.4 Å². The molecular weight excluding hydrogens is 1050 g/mol. The fourth-order valence-electron chi connectivity index (χ4n) is 10.9. The molecule has 4 aromatic rings. The topological polar surface area (TPSA) is 287 Å². The van der Waals surface area contributed by atoms with Crippen LogP contribution in [0.2, 0.25) is 0 Å². The molecule has 434 valence electrons. The summed E-state index contributed by atoms with van der Waals surface area (Å²) < 4.78 is 30.9. The maximum Gasteiger partial charge on any atom is 0.415 e. The van der Waals surface area contributed by atoms with Crippen molar-refractivity contribution in [1.82, 2.24) is 30.4 Å². The Bertz CT molecular complexity index is 2960. The molecule has 7 atom stereocenters. The SMILES string of the molecule is CCN(C(=O)OC(C)(C)C)c1cc(C2(Cc3nncn3C)COC2)cc(N2Cc3c(SC)cc(C[N+]4(Cc5ccc(O[C@@H]6O[C@H](C(=O)O)[C@@H](O)[C@H](O)[C@H]6O)c(C(=O)NCCNC(=O)OC(C)(C)C)c5)CCC[C@H](C)C4)cc3C2=O)n1. The van der Waals surface area contributed by atoms with E-state index in [2.05, 4.69) is 33.8 Å². The van der Waals surface area contributed by atoms with Crippen molar-refractivity contribution in [3.05, 3.63) is 88.0 Å². The number of benzene rings is 2. The molecular formula is C56H76N9O14S+. The van der Waals surface area contributed by atoms with Gasteiger partial charge < -0.3 is 63.8 Å². The minimum Gasteiger partial charge on any atom is -0.479 e. The van der Waals surface area contributed by atoms with Crippen molar-refractivity contribution in [3.8, 4) is 5.75 Å². The second-order valence-corrected chi connectivity index (χ2v) is 24.3. The monoisotopic (exact) mass is 1130 g/mol. The molecule has 24 heteroatoms. The van der Waals surface area contributed by atoms with E-state index in [1.54, 1.807) is 76.7 Å². The van der Waals surface area contributed by atoms with E-state index in [0.29, 0.717) is 60.3 Å². The number of likely N-dealkylation sites (tertiary alicyclic amines) is 1. The Morgan fingerprint density at radius 2 is 1.65 bits per heavy atom. The third-order valence-corrected chi connectivity index (χ3v) is 15.5. The fraction of sp³-hybridized carbons (Fsp3) is 0.571. The minimum atomic E-state index is -1.96. The summed E-state index contributed by atoms with van der Waals surface area (Å²) in [6.45, 7) is 18.4. The van der Waals surface area contributed by atoms with Gasteiger partial charge in [-0.15, -0.1) is 22.0 Å². The number of pyridine rings is 1. The first-order valence-electron chi connectivity index (χ1n) is 27.0. The first-order valence-corrected chi connectivity index (χ1v) is 28.2. The summed E-state index contributed by atoms with van der Waals surface area (Å²) in [7, 11) is 1.88. The van der Waals surface area contributed by atoms with Gasteiger partial charge in [-0.25, -0.2) is 19.4 Å². The molecule has 1 unspecified atom stereocenters. The number of hydrogen-bond donors (Lipinski definition) is 6. The number of carboxylic acid groups (broad SMARTS) is 1. The van der Waals surface area contributed by atoms with Crippen LogP contribution in [0, 0.1) is 5.92 Å². The standard InChI is InChI=1S/C56H75N9O14S/c1-11-63(53(74)79-55(6,7)8)41-22-35(56(29-75-30-56)24-43-61-59-31-62(43)9)23-42(60-41)64-25-38-36(49(64)70)20-34(21-40(38)80-10)28-65(18-12-13-32(2)26-65)27-33-14-15-39(76-51-46(68)44(66)45(67)47(77-51)50(71)72)37(19-33)48(69)57-16-17-58-52(73)78-54(3,4)5/h14-15,19-23,31-32,44-47,51,66-68H,11-13,16-18,24-30H2,1-10H3,(H2-,57,58,69,71,72,73)/p+1/t32-,44-,45-,46+,47-,51+,65?/m0/s1. The van der Waals surface area contributed by atoms with Crippen molar-refractivity contribution in [2.24, 2.45) is 13.0 Å². The van der Waals surface area contributed by atoms with E-state index in [1.165, 1.54) is 11.0 Å². The largest absolute Gasteiger partial charge is 0.479 e. The van der Waals surface area contributed by atoms with Crippen molar-refractivity contribution >= 4 is 53.4 Å². The summed E-state index contributed by atoms with van der Waals surface area (Å²) in [6, 6.07) is 12.9. The number of fused-ring (bicyclic) bond motifs is 1. The van der Waals surface area contributed by atoms with E-state index >= 15 is 4.79 Å². The third kappa shape index (κ3) is 13.5. The van der Waals surface area contributed by atoms with E-state index in [0.717, 1.165) is 58.9 Å².